The van der Waals surface area contributed by atoms with Gasteiger partial charge in [-0.1, -0.05) is 20.8 Å². The Morgan fingerprint density at radius 3 is 2.21 bits per heavy atom. The Bertz CT molecular complexity index is 293. The third-order valence-electron chi connectivity index (χ3n) is 2.82. The van der Waals surface area contributed by atoms with Gasteiger partial charge in [-0.25, -0.2) is 4.79 Å². The van der Waals surface area contributed by atoms with Crippen LogP contribution in [0.5, 0.6) is 0 Å². The van der Waals surface area contributed by atoms with Gasteiger partial charge in [-0.15, -0.1) is 0 Å². The average Bonchev–Trinajstić information content (AvgIpc) is 2.23. The van der Waals surface area contributed by atoms with Gasteiger partial charge in [0.1, 0.15) is 0 Å². The molecule has 2 amide bonds. The molecule has 0 aromatic carbocycles. The van der Waals surface area contributed by atoms with Crippen LogP contribution in [0.1, 0.15) is 27.2 Å². The normalized spacial score (nSPS) is 14.3. The van der Waals surface area contributed by atoms with Crippen LogP contribution in [0, 0.1) is 11.8 Å². The monoisotopic (exact) mass is 273 g/mol. The SMILES string of the molecule is CC(CNC(=O)NC(CN(C)C)C(C)C)CC(=O)O. The Kier molecular flexibility index (Phi) is 8.14. The van der Waals surface area contributed by atoms with Gasteiger partial charge < -0.3 is 20.6 Å². The number of likely N-dealkylation sites (N-methyl/N-ethyl adjacent to an activating group) is 1. The molecule has 0 aromatic heterocycles. The number of carbonyl (C=O) groups excluding carboxylic acids is 1. The molecule has 112 valence electrons. The molecule has 0 spiro atoms. The molecule has 0 aromatic rings. The van der Waals surface area contributed by atoms with E-state index in [0.29, 0.717) is 12.5 Å². The van der Waals surface area contributed by atoms with Crippen LogP contribution in [-0.4, -0.2) is 55.2 Å². The molecule has 3 N–H and O–H groups in total. The van der Waals surface area contributed by atoms with Crippen molar-refractivity contribution in [1.82, 2.24) is 15.5 Å². The molecule has 0 fully saturated rings. The number of carboxylic acids is 1. The topological polar surface area (TPSA) is 81.7 Å². The molecule has 0 aliphatic heterocycles. The first kappa shape index (κ1) is 17.7. The summed E-state index contributed by atoms with van der Waals surface area (Å²) in [4.78, 5) is 24.3. The van der Waals surface area contributed by atoms with Gasteiger partial charge in [0.2, 0.25) is 0 Å². The molecule has 0 bridgehead atoms. The van der Waals surface area contributed by atoms with Crippen LogP contribution >= 0.6 is 0 Å². The second-order valence-corrected chi connectivity index (χ2v) is 5.67. The van der Waals surface area contributed by atoms with E-state index in [0.717, 1.165) is 6.54 Å². The molecule has 0 saturated heterocycles. The molecular formula is C13H27N3O3. The minimum absolute atomic E-state index is 0.0611. The van der Waals surface area contributed by atoms with Crippen LogP contribution in [0.3, 0.4) is 0 Å². The van der Waals surface area contributed by atoms with Crippen LogP contribution in [-0.2, 0) is 4.79 Å². The van der Waals surface area contributed by atoms with E-state index in [1.807, 2.05) is 19.0 Å². The molecule has 2 unspecified atom stereocenters. The first-order chi connectivity index (χ1) is 8.72. The second-order valence-electron chi connectivity index (χ2n) is 5.67. The number of nitrogens with one attached hydrogen (secondary N) is 2. The van der Waals surface area contributed by atoms with Crippen molar-refractivity contribution >= 4 is 12.0 Å². The third-order valence-corrected chi connectivity index (χ3v) is 2.82. The van der Waals surface area contributed by atoms with E-state index in [1.165, 1.54) is 0 Å². The average molecular weight is 273 g/mol. The highest BCUT2D eigenvalue weighted by atomic mass is 16.4. The lowest BCUT2D eigenvalue weighted by Gasteiger charge is -2.26. The predicted octanol–water partition coefficient (Wildman–Crippen LogP) is 0.983. The Labute approximate surface area is 115 Å². The number of aliphatic carboxylic acids is 1. The fraction of sp³-hybridized carbons (Fsp3) is 0.846. The summed E-state index contributed by atoms with van der Waals surface area (Å²) in [6.45, 7) is 7.05. The molecule has 6 heteroatoms. The smallest absolute Gasteiger partial charge is 0.315 e. The Hall–Kier alpha value is -1.30. The van der Waals surface area contributed by atoms with Crippen LogP contribution in [0.25, 0.3) is 0 Å². The Morgan fingerprint density at radius 2 is 1.79 bits per heavy atom. The molecule has 0 radical (unpaired) electrons. The van der Waals surface area contributed by atoms with Gasteiger partial charge in [-0.05, 0) is 25.9 Å². The number of urea groups is 1. The molecule has 0 rings (SSSR count). The lowest BCUT2D eigenvalue weighted by molar-refractivity contribution is -0.137. The number of rotatable bonds is 8. The van der Waals surface area contributed by atoms with E-state index in [1.54, 1.807) is 6.92 Å². The molecule has 0 aliphatic carbocycles. The maximum atomic E-state index is 11.7. The van der Waals surface area contributed by atoms with Gasteiger partial charge in [0.15, 0.2) is 0 Å². The van der Waals surface area contributed by atoms with Crippen molar-refractivity contribution in [3.8, 4) is 0 Å². The van der Waals surface area contributed by atoms with E-state index in [9.17, 15) is 9.59 Å². The molecule has 6 nitrogen and oxygen atoms in total. The summed E-state index contributed by atoms with van der Waals surface area (Å²) in [5, 5.41) is 14.3. The van der Waals surface area contributed by atoms with Crippen molar-refractivity contribution in [2.45, 2.75) is 33.2 Å². The lowest BCUT2D eigenvalue weighted by atomic mass is 10.0. The van der Waals surface area contributed by atoms with Gasteiger partial charge in [0.25, 0.3) is 0 Å². The van der Waals surface area contributed by atoms with Gasteiger partial charge in [0.05, 0.1) is 0 Å². The number of hydrogen-bond donors (Lipinski definition) is 3. The quantitative estimate of drug-likeness (QED) is 0.616. The number of hydrogen-bond acceptors (Lipinski definition) is 3. The minimum atomic E-state index is -0.845. The number of nitrogens with zero attached hydrogens (tertiary/aromatic N) is 1. The third kappa shape index (κ3) is 9.30. The predicted molar refractivity (Wildman–Crippen MR) is 75.1 cm³/mol. The first-order valence-corrected chi connectivity index (χ1v) is 6.63. The standard InChI is InChI=1S/C13H27N3O3/c1-9(2)11(8-16(4)5)15-13(19)14-7-10(3)6-12(17)18/h9-11H,6-8H2,1-5H3,(H,17,18)(H2,14,15,19). The molecule has 0 aliphatic rings. The summed E-state index contributed by atoms with van der Waals surface area (Å²) in [6.07, 6.45) is 0.0611. The summed E-state index contributed by atoms with van der Waals surface area (Å²) in [7, 11) is 3.92. The minimum Gasteiger partial charge on any atom is -0.481 e. The summed E-state index contributed by atoms with van der Waals surface area (Å²) < 4.78 is 0. The lowest BCUT2D eigenvalue weighted by Crippen LogP contribution is -2.49. The highest BCUT2D eigenvalue weighted by Gasteiger charge is 2.17. The van der Waals surface area contributed by atoms with Gasteiger partial charge in [-0.3, -0.25) is 4.79 Å². The van der Waals surface area contributed by atoms with Crippen LogP contribution in [0.4, 0.5) is 4.79 Å². The fourth-order valence-corrected chi connectivity index (χ4v) is 1.67. The molecule has 0 heterocycles. The van der Waals surface area contributed by atoms with Crippen molar-refractivity contribution in [1.29, 1.82) is 0 Å². The highest BCUT2D eigenvalue weighted by Crippen LogP contribution is 2.03. The van der Waals surface area contributed by atoms with E-state index in [4.69, 9.17) is 5.11 Å². The van der Waals surface area contributed by atoms with Crippen molar-refractivity contribution in [2.75, 3.05) is 27.2 Å². The van der Waals surface area contributed by atoms with Crippen LogP contribution < -0.4 is 10.6 Å². The number of carboxylic acid groups (broad SMARTS) is 1. The Morgan fingerprint density at radius 1 is 1.21 bits per heavy atom. The number of amides is 2. The van der Waals surface area contributed by atoms with Crippen LogP contribution in [0.15, 0.2) is 0 Å². The van der Waals surface area contributed by atoms with Crippen molar-refractivity contribution in [2.24, 2.45) is 11.8 Å². The van der Waals surface area contributed by atoms with E-state index < -0.39 is 5.97 Å². The van der Waals surface area contributed by atoms with E-state index >= 15 is 0 Å². The van der Waals surface area contributed by atoms with E-state index in [2.05, 4.69) is 24.5 Å². The Balaban J connectivity index is 4.09. The second kappa shape index (κ2) is 8.74. The molecule has 19 heavy (non-hydrogen) atoms. The maximum absolute atomic E-state index is 11.7. The molecule has 2 atom stereocenters. The van der Waals surface area contributed by atoms with Gasteiger partial charge in [-0.2, -0.15) is 0 Å². The summed E-state index contributed by atoms with van der Waals surface area (Å²) in [5.41, 5.74) is 0. The van der Waals surface area contributed by atoms with Crippen molar-refractivity contribution < 1.29 is 14.7 Å². The number of carbonyl (C=O) groups is 2. The highest BCUT2D eigenvalue weighted by molar-refractivity contribution is 5.74. The zero-order valence-electron chi connectivity index (χ0n) is 12.6. The summed E-state index contributed by atoms with van der Waals surface area (Å²) in [5.74, 6) is -0.582. The van der Waals surface area contributed by atoms with E-state index in [-0.39, 0.29) is 24.4 Å². The maximum Gasteiger partial charge on any atom is 0.315 e. The summed E-state index contributed by atoms with van der Waals surface area (Å²) >= 11 is 0. The molecular weight excluding hydrogens is 246 g/mol. The van der Waals surface area contributed by atoms with Crippen LogP contribution in [0.2, 0.25) is 0 Å². The van der Waals surface area contributed by atoms with Crippen molar-refractivity contribution in [3.63, 3.8) is 0 Å². The fourth-order valence-electron chi connectivity index (χ4n) is 1.67. The molecule has 0 saturated carbocycles. The summed E-state index contributed by atoms with van der Waals surface area (Å²) in [6, 6.07) is -0.164. The van der Waals surface area contributed by atoms with Crippen molar-refractivity contribution in [3.05, 3.63) is 0 Å². The zero-order valence-corrected chi connectivity index (χ0v) is 12.6. The first-order valence-electron chi connectivity index (χ1n) is 6.63. The van der Waals surface area contributed by atoms with Gasteiger partial charge in [0, 0.05) is 25.6 Å². The largest absolute Gasteiger partial charge is 0.481 e. The van der Waals surface area contributed by atoms with Gasteiger partial charge >= 0.3 is 12.0 Å². The zero-order chi connectivity index (χ0) is 15.0.